The minimum atomic E-state index is -3.98. The molecule has 2 N–H and O–H groups in total. The normalized spacial score (nSPS) is 12.3. The Morgan fingerprint density at radius 2 is 1.67 bits per heavy atom. The second kappa shape index (κ2) is 9.71. The second-order valence-electron chi connectivity index (χ2n) is 7.10. The van der Waals surface area contributed by atoms with Crippen LogP contribution in [0.1, 0.15) is 37.6 Å². The molecule has 0 heterocycles. The van der Waals surface area contributed by atoms with Gasteiger partial charge >= 0.3 is 0 Å². The summed E-state index contributed by atoms with van der Waals surface area (Å²) in [5.41, 5.74) is 0.264. The van der Waals surface area contributed by atoms with Crippen LogP contribution < -0.4 is 14.9 Å². The first-order valence-corrected chi connectivity index (χ1v) is 11.4. The standard InChI is InChI=1S/C21H26FN3O4S/c1-5-18(25(30(4,28)29)19-13-9-7-11-16(19)22)21(27)24-17-12-8-6-10-15(17)20(26)23-14(2)3/h6-14,18H,5H2,1-4H3,(H,23,26)(H,24,27)/t18-/m1/s1. The first kappa shape index (κ1) is 23.3. The van der Waals surface area contributed by atoms with Crippen LogP contribution >= 0.6 is 0 Å². The maximum Gasteiger partial charge on any atom is 0.253 e. The third-order valence-electron chi connectivity index (χ3n) is 4.27. The van der Waals surface area contributed by atoms with Crippen molar-refractivity contribution in [1.82, 2.24) is 5.32 Å². The number of hydrogen-bond acceptors (Lipinski definition) is 4. The summed E-state index contributed by atoms with van der Waals surface area (Å²) in [6.45, 7) is 5.25. The molecule has 0 aliphatic carbocycles. The quantitative estimate of drug-likeness (QED) is 0.666. The number of rotatable bonds is 8. The Balaban J connectivity index is 2.41. The number of anilines is 2. The monoisotopic (exact) mass is 435 g/mol. The van der Waals surface area contributed by atoms with Crippen LogP contribution in [-0.4, -0.2) is 38.6 Å². The molecule has 1 atom stereocenters. The van der Waals surface area contributed by atoms with Crippen LogP contribution in [-0.2, 0) is 14.8 Å². The van der Waals surface area contributed by atoms with Crippen LogP contribution in [0, 0.1) is 5.82 Å². The minimum absolute atomic E-state index is 0.0909. The SMILES string of the molecule is CC[C@H](C(=O)Nc1ccccc1C(=O)NC(C)C)N(c1ccccc1F)S(C)(=O)=O. The van der Waals surface area contributed by atoms with E-state index >= 15 is 0 Å². The smallest absolute Gasteiger partial charge is 0.253 e. The number of amides is 2. The molecule has 2 amide bonds. The number of carbonyl (C=O) groups excluding carboxylic acids is 2. The van der Waals surface area contributed by atoms with Gasteiger partial charge in [-0.2, -0.15) is 0 Å². The van der Waals surface area contributed by atoms with Crippen molar-refractivity contribution < 1.29 is 22.4 Å². The van der Waals surface area contributed by atoms with Gasteiger partial charge in [0.2, 0.25) is 15.9 Å². The van der Waals surface area contributed by atoms with Crippen molar-refractivity contribution >= 4 is 33.2 Å². The first-order valence-electron chi connectivity index (χ1n) is 9.51. The molecule has 0 aliphatic heterocycles. The Morgan fingerprint density at radius 3 is 2.23 bits per heavy atom. The van der Waals surface area contributed by atoms with E-state index in [1.54, 1.807) is 31.2 Å². The number of sulfonamides is 1. The number of carbonyl (C=O) groups is 2. The van der Waals surface area contributed by atoms with E-state index in [0.717, 1.165) is 16.6 Å². The number of benzene rings is 2. The number of para-hydroxylation sites is 2. The maximum absolute atomic E-state index is 14.4. The fraction of sp³-hybridized carbons (Fsp3) is 0.333. The second-order valence-corrected chi connectivity index (χ2v) is 8.96. The van der Waals surface area contributed by atoms with Crippen molar-refractivity contribution in [1.29, 1.82) is 0 Å². The van der Waals surface area contributed by atoms with Gasteiger partial charge in [0.1, 0.15) is 11.9 Å². The van der Waals surface area contributed by atoms with Crippen molar-refractivity contribution in [2.75, 3.05) is 15.9 Å². The van der Waals surface area contributed by atoms with Crippen molar-refractivity contribution in [3.05, 3.63) is 59.9 Å². The summed E-state index contributed by atoms with van der Waals surface area (Å²) in [5.74, 6) is -1.80. The van der Waals surface area contributed by atoms with Gasteiger partial charge in [-0.25, -0.2) is 12.8 Å². The lowest BCUT2D eigenvalue weighted by molar-refractivity contribution is -0.117. The zero-order valence-electron chi connectivity index (χ0n) is 17.3. The van der Waals surface area contributed by atoms with Gasteiger partial charge in [0, 0.05) is 6.04 Å². The highest BCUT2D eigenvalue weighted by Gasteiger charge is 2.33. The van der Waals surface area contributed by atoms with Gasteiger partial charge in [-0.1, -0.05) is 31.2 Å². The van der Waals surface area contributed by atoms with Gasteiger partial charge in [0.25, 0.3) is 5.91 Å². The lowest BCUT2D eigenvalue weighted by Gasteiger charge is -2.30. The molecule has 9 heteroatoms. The van der Waals surface area contributed by atoms with Crippen molar-refractivity contribution in [3.63, 3.8) is 0 Å². The average Bonchev–Trinajstić information content (AvgIpc) is 2.65. The van der Waals surface area contributed by atoms with E-state index in [2.05, 4.69) is 10.6 Å². The predicted molar refractivity (Wildman–Crippen MR) is 115 cm³/mol. The lowest BCUT2D eigenvalue weighted by atomic mass is 10.1. The van der Waals surface area contributed by atoms with E-state index in [1.807, 2.05) is 13.8 Å². The molecule has 0 bridgehead atoms. The van der Waals surface area contributed by atoms with E-state index in [-0.39, 0.29) is 35.3 Å². The number of halogens is 1. The van der Waals surface area contributed by atoms with E-state index in [9.17, 15) is 22.4 Å². The van der Waals surface area contributed by atoms with E-state index in [4.69, 9.17) is 0 Å². The number of nitrogens with one attached hydrogen (secondary N) is 2. The Labute approximate surface area is 176 Å². The Bertz CT molecular complexity index is 1020. The Kier molecular flexibility index (Phi) is 7.55. The zero-order chi connectivity index (χ0) is 22.5. The van der Waals surface area contributed by atoms with E-state index in [1.165, 1.54) is 18.2 Å². The van der Waals surface area contributed by atoms with Crippen LogP contribution in [0.2, 0.25) is 0 Å². The first-order chi connectivity index (χ1) is 14.1. The zero-order valence-corrected chi connectivity index (χ0v) is 18.2. The number of hydrogen-bond donors (Lipinski definition) is 2. The van der Waals surface area contributed by atoms with Gasteiger partial charge in [0.05, 0.1) is 23.2 Å². The lowest BCUT2D eigenvalue weighted by Crippen LogP contribution is -2.47. The van der Waals surface area contributed by atoms with Gasteiger partial charge in [-0.05, 0) is 44.5 Å². The highest BCUT2D eigenvalue weighted by atomic mass is 32.2. The maximum atomic E-state index is 14.4. The summed E-state index contributed by atoms with van der Waals surface area (Å²) >= 11 is 0. The van der Waals surface area contributed by atoms with Crippen LogP contribution in [0.25, 0.3) is 0 Å². The summed E-state index contributed by atoms with van der Waals surface area (Å²) in [5, 5.41) is 5.38. The molecule has 2 rings (SSSR count). The van der Waals surface area contributed by atoms with Gasteiger partial charge < -0.3 is 10.6 Å². The largest absolute Gasteiger partial charge is 0.350 e. The predicted octanol–water partition coefficient (Wildman–Crippen LogP) is 3.15. The summed E-state index contributed by atoms with van der Waals surface area (Å²) in [6, 6.07) is 10.5. The molecule has 0 unspecified atom stereocenters. The third kappa shape index (κ3) is 5.56. The van der Waals surface area contributed by atoms with Crippen molar-refractivity contribution in [2.24, 2.45) is 0 Å². The molecule has 0 fully saturated rings. The molecule has 0 aromatic heterocycles. The molecular formula is C21H26FN3O4S. The highest BCUT2D eigenvalue weighted by Crippen LogP contribution is 2.26. The highest BCUT2D eigenvalue weighted by molar-refractivity contribution is 7.92. The molecule has 0 radical (unpaired) electrons. The fourth-order valence-electron chi connectivity index (χ4n) is 3.01. The minimum Gasteiger partial charge on any atom is -0.350 e. The van der Waals surface area contributed by atoms with Gasteiger partial charge in [-0.15, -0.1) is 0 Å². The van der Waals surface area contributed by atoms with Crippen molar-refractivity contribution in [3.8, 4) is 0 Å². The van der Waals surface area contributed by atoms with E-state index in [0.29, 0.717) is 0 Å². The van der Waals surface area contributed by atoms with Crippen LogP contribution in [0.4, 0.5) is 15.8 Å². The molecule has 2 aromatic rings. The summed E-state index contributed by atoms with van der Waals surface area (Å²) in [4.78, 5) is 25.5. The summed E-state index contributed by atoms with van der Waals surface area (Å²) in [7, 11) is -3.98. The van der Waals surface area contributed by atoms with Crippen LogP contribution in [0.3, 0.4) is 0 Å². The number of nitrogens with zero attached hydrogens (tertiary/aromatic N) is 1. The third-order valence-corrected chi connectivity index (χ3v) is 5.43. The van der Waals surface area contributed by atoms with Crippen LogP contribution in [0.5, 0.6) is 0 Å². The molecule has 0 aliphatic rings. The average molecular weight is 436 g/mol. The fourth-order valence-corrected chi connectivity index (χ4v) is 4.22. The molecule has 0 saturated carbocycles. The van der Waals surface area contributed by atoms with Gasteiger partial charge in [0.15, 0.2) is 0 Å². The molecule has 162 valence electrons. The molecule has 7 nitrogen and oxygen atoms in total. The molecule has 0 saturated heterocycles. The van der Waals surface area contributed by atoms with Gasteiger partial charge in [-0.3, -0.25) is 13.9 Å². The Hall–Kier alpha value is -2.94. The molecular weight excluding hydrogens is 409 g/mol. The topological polar surface area (TPSA) is 95.6 Å². The van der Waals surface area contributed by atoms with Crippen molar-refractivity contribution in [2.45, 2.75) is 39.3 Å². The Morgan fingerprint density at radius 1 is 1.07 bits per heavy atom. The summed E-state index contributed by atoms with van der Waals surface area (Å²) in [6.07, 6.45) is 1.01. The van der Waals surface area contributed by atoms with Crippen LogP contribution in [0.15, 0.2) is 48.5 Å². The summed E-state index contributed by atoms with van der Waals surface area (Å²) < 4.78 is 40.0. The van der Waals surface area contributed by atoms with E-state index < -0.39 is 27.8 Å². The molecule has 2 aromatic carbocycles. The molecule has 0 spiro atoms. The molecule has 30 heavy (non-hydrogen) atoms.